The quantitative estimate of drug-likeness (QED) is 0.263. The molecular formula is H8CeN2O12S3-4. The van der Waals surface area contributed by atoms with Gasteiger partial charge < -0.3 is 39.6 Å². The van der Waals surface area contributed by atoms with Gasteiger partial charge in [0, 0.05) is 72.9 Å². The van der Waals surface area contributed by atoms with Crippen molar-refractivity contribution in [3.8, 4) is 0 Å². The fraction of sp³-hybridized carbons (Fsp3) is 0. The van der Waals surface area contributed by atoms with E-state index >= 15 is 0 Å². The van der Waals surface area contributed by atoms with Crippen molar-refractivity contribution in [2.45, 2.75) is 0 Å². The maximum atomic E-state index is 8.52. The molecule has 18 heteroatoms. The molecule has 0 spiro atoms. The Kier molecular flexibility index (Phi) is 28.9. The Morgan fingerprint density at radius 1 is 0.444 bits per heavy atom. The normalized spacial score (nSPS) is 9.67. The molecule has 0 aromatic rings. The first-order chi connectivity index (χ1) is 6.00. The third-order valence-corrected chi connectivity index (χ3v) is 0. The van der Waals surface area contributed by atoms with Gasteiger partial charge in [0.25, 0.3) is 0 Å². The summed E-state index contributed by atoms with van der Waals surface area (Å²) in [5.41, 5.74) is 0. The van der Waals surface area contributed by atoms with Crippen LogP contribution in [0.2, 0.25) is 0 Å². The molecule has 0 unspecified atom stereocenters. The number of hydrogen-bond donors (Lipinski definition) is 2. The third kappa shape index (κ3) is 5200. The minimum atomic E-state index is -5.17. The van der Waals surface area contributed by atoms with Gasteiger partial charge in [0.15, 0.2) is 0 Å². The predicted octanol–water partition coefficient (Wildman–Crippen LogP) is -3.26. The largest absolute Gasteiger partial charge is 0.759 e. The van der Waals surface area contributed by atoms with Crippen molar-refractivity contribution in [3.05, 3.63) is 0 Å². The van der Waals surface area contributed by atoms with Crippen molar-refractivity contribution < 1.29 is 94.3 Å². The van der Waals surface area contributed by atoms with Crippen LogP contribution in [-0.2, 0) is 31.2 Å². The summed E-state index contributed by atoms with van der Waals surface area (Å²) < 4.78 is 102. The maximum absolute atomic E-state index is 8.52. The average molecular weight is 464 g/mol. The molecule has 18 heavy (non-hydrogen) atoms. The summed E-state index contributed by atoms with van der Waals surface area (Å²) in [7, 11) is -15.5. The fourth-order valence-corrected chi connectivity index (χ4v) is 0. The van der Waals surface area contributed by atoms with E-state index < -0.39 is 31.2 Å². The van der Waals surface area contributed by atoms with E-state index in [0.29, 0.717) is 0 Å². The molecule has 116 valence electrons. The third-order valence-electron chi connectivity index (χ3n) is 0. The van der Waals surface area contributed by atoms with Crippen LogP contribution >= 0.6 is 0 Å². The Balaban J connectivity index is -0.0000000277. The van der Waals surface area contributed by atoms with Gasteiger partial charge in [-0.25, -0.2) is 0 Å². The Morgan fingerprint density at radius 2 is 0.444 bits per heavy atom. The second-order valence-electron chi connectivity index (χ2n) is 1.22. The minimum Gasteiger partial charge on any atom is -0.759 e. The van der Waals surface area contributed by atoms with E-state index in [0.717, 1.165) is 0 Å². The van der Waals surface area contributed by atoms with E-state index in [4.69, 9.17) is 52.6 Å². The maximum Gasteiger partial charge on any atom is 0.0311 e. The van der Waals surface area contributed by atoms with Gasteiger partial charge in [0.05, 0.1) is 0 Å². The first kappa shape index (κ1) is 36.4. The van der Waals surface area contributed by atoms with Crippen molar-refractivity contribution in [2.24, 2.45) is 0 Å². The fourth-order valence-electron chi connectivity index (χ4n) is 0. The molecule has 0 saturated heterocycles. The Labute approximate surface area is 136 Å². The molecular weight excluding hydrogens is 456 g/mol. The Morgan fingerprint density at radius 3 is 0.444 bits per heavy atom. The van der Waals surface area contributed by atoms with Crippen LogP contribution in [0.1, 0.15) is 0 Å². The molecule has 0 aliphatic carbocycles. The zero-order chi connectivity index (χ0) is 13.5. The van der Waals surface area contributed by atoms with Crippen LogP contribution in [0.3, 0.4) is 0 Å². The molecule has 0 aromatic heterocycles. The minimum absolute atomic E-state index is 0. The van der Waals surface area contributed by atoms with Crippen molar-refractivity contribution in [1.82, 2.24) is 12.3 Å². The van der Waals surface area contributed by atoms with E-state index in [1.54, 1.807) is 0 Å². The van der Waals surface area contributed by atoms with Crippen LogP contribution in [0.4, 0.5) is 0 Å². The summed E-state index contributed by atoms with van der Waals surface area (Å²) in [6.07, 6.45) is 0. The topological polar surface area (TPSA) is 314 Å². The zero-order valence-electron chi connectivity index (χ0n) is 8.62. The van der Waals surface area contributed by atoms with Crippen LogP contribution in [0.25, 0.3) is 0 Å². The Hall–Kier alpha value is 0.907. The van der Waals surface area contributed by atoms with Gasteiger partial charge in [0.2, 0.25) is 0 Å². The summed E-state index contributed by atoms with van der Waals surface area (Å²) in [4.78, 5) is 0. The molecule has 0 amide bonds. The van der Waals surface area contributed by atoms with Gasteiger partial charge in [0.1, 0.15) is 0 Å². The van der Waals surface area contributed by atoms with Crippen LogP contribution < -0.4 is 12.3 Å². The van der Waals surface area contributed by atoms with E-state index in [1.165, 1.54) is 0 Å². The molecule has 0 atom stereocenters. The van der Waals surface area contributed by atoms with Crippen molar-refractivity contribution in [2.75, 3.05) is 0 Å². The van der Waals surface area contributed by atoms with Gasteiger partial charge in [-0.15, -0.1) is 0 Å². The smallest absolute Gasteiger partial charge is 0.0311 e. The van der Waals surface area contributed by atoms with Crippen molar-refractivity contribution >= 4 is 31.2 Å². The average Bonchev–Trinajstić information content (AvgIpc) is 1.41. The molecule has 0 radical (unpaired) electrons. The molecule has 0 fully saturated rings. The number of hydrogen-bond acceptors (Lipinski definition) is 12. The summed E-state index contributed by atoms with van der Waals surface area (Å²) >= 11 is 0. The van der Waals surface area contributed by atoms with Gasteiger partial charge >= 0.3 is 0 Å². The van der Waals surface area contributed by atoms with Crippen LogP contribution in [0, 0.1) is 41.7 Å². The summed E-state index contributed by atoms with van der Waals surface area (Å²) in [6.45, 7) is 0. The molecule has 0 bridgehead atoms. The Bertz CT molecular complexity index is 346. The zero-order valence-corrected chi connectivity index (χ0v) is 14.2. The van der Waals surface area contributed by atoms with Crippen molar-refractivity contribution in [3.63, 3.8) is 0 Å². The molecule has 0 aliphatic rings. The molecule has 0 saturated carbocycles. The number of rotatable bonds is 0. The second kappa shape index (κ2) is 14.3. The number of quaternary nitrogens is 2. The molecule has 0 heterocycles. The second-order valence-corrected chi connectivity index (χ2v) is 3.67. The van der Waals surface area contributed by atoms with E-state index in [2.05, 4.69) is 0 Å². The van der Waals surface area contributed by atoms with Gasteiger partial charge in [-0.2, -0.15) is 0 Å². The molecule has 14 nitrogen and oxygen atoms in total. The van der Waals surface area contributed by atoms with Crippen LogP contribution in [0.15, 0.2) is 0 Å². The van der Waals surface area contributed by atoms with Gasteiger partial charge in [-0.3, -0.25) is 25.3 Å². The molecule has 8 N–H and O–H groups in total. The summed E-state index contributed by atoms with van der Waals surface area (Å²) in [6, 6.07) is 0. The summed E-state index contributed by atoms with van der Waals surface area (Å²) in [5.74, 6) is 0. The van der Waals surface area contributed by atoms with Crippen LogP contribution in [0.5, 0.6) is 0 Å². The molecule has 0 aromatic carbocycles. The SMILES string of the molecule is O=S(=O)([O-])[O-].O=S(=O)([O-])[O-].O=S(=O)([O-])[O-].[Ce].[NH4+].[NH4+]. The molecule has 0 aliphatic heterocycles. The van der Waals surface area contributed by atoms with Crippen LogP contribution in [-0.4, -0.2) is 52.6 Å². The predicted molar refractivity (Wildman–Crippen MR) is 43.4 cm³/mol. The van der Waals surface area contributed by atoms with Crippen molar-refractivity contribution in [1.29, 1.82) is 0 Å². The van der Waals surface area contributed by atoms with E-state index in [1.807, 2.05) is 0 Å². The summed E-state index contributed by atoms with van der Waals surface area (Å²) in [5, 5.41) is 0. The standard InChI is InChI=1S/Ce.2H3N.3H2O4S/c;;;3*1-5(2,3)4/h;2*1H3;3*(H2,1,2,3,4)/p-4. The monoisotopic (exact) mass is 464 g/mol. The van der Waals surface area contributed by atoms with Gasteiger partial charge in [-0.05, 0) is 0 Å². The van der Waals surface area contributed by atoms with E-state index in [9.17, 15) is 0 Å². The molecule has 0 rings (SSSR count). The van der Waals surface area contributed by atoms with E-state index in [-0.39, 0.29) is 54.0 Å². The first-order valence-electron chi connectivity index (χ1n) is 2.00. The first-order valence-corrected chi connectivity index (χ1v) is 6.00. The van der Waals surface area contributed by atoms with Gasteiger partial charge in [-0.1, -0.05) is 0 Å².